The molecule has 0 radical (unpaired) electrons. The Morgan fingerprint density at radius 2 is 1.81 bits per heavy atom. The topological polar surface area (TPSA) is 90.3 Å². The van der Waals surface area contributed by atoms with Crippen LogP contribution in [-0.2, 0) is 27.3 Å². The Morgan fingerprint density at radius 3 is 2.56 bits per heavy atom. The largest absolute Gasteiger partial charge is 0.456 e. The number of carbonyl (C=O) groups excluding carboxylic acids is 2. The van der Waals surface area contributed by atoms with Gasteiger partial charge in [0.15, 0.2) is 6.61 Å². The van der Waals surface area contributed by atoms with E-state index in [9.17, 15) is 14.4 Å². The third-order valence-corrected chi connectivity index (χ3v) is 5.26. The van der Waals surface area contributed by atoms with Crippen LogP contribution in [0.2, 0.25) is 0 Å². The zero-order valence-corrected chi connectivity index (χ0v) is 18.5. The van der Waals surface area contributed by atoms with Crippen LogP contribution >= 0.6 is 0 Å². The van der Waals surface area contributed by atoms with Gasteiger partial charge in [0, 0.05) is 13.0 Å². The second kappa shape index (κ2) is 11.2. The van der Waals surface area contributed by atoms with Crippen LogP contribution in [0.25, 0.3) is 11.0 Å². The lowest BCUT2D eigenvalue weighted by Crippen LogP contribution is -2.31. The summed E-state index contributed by atoms with van der Waals surface area (Å²) in [4.78, 5) is 41.6. The molecule has 3 aromatic rings. The summed E-state index contributed by atoms with van der Waals surface area (Å²) in [5.74, 6) is -0.914. The van der Waals surface area contributed by atoms with Gasteiger partial charge in [0.05, 0.1) is 23.5 Å². The van der Waals surface area contributed by atoms with Crippen molar-refractivity contribution >= 4 is 22.9 Å². The SMILES string of the molecule is CCCCn1c(=O)c(CCC(=O)OCC(=O)N[C@@H](C)c2ccccc2)nc2ccccc21. The first-order valence-corrected chi connectivity index (χ1v) is 11.0. The first kappa shape index (κ1) is 23.2. The molecule has 3 rings (SSSR count). The Hall–Kier alpha value is -3.48. The first-order chi connectivity index (χ1) is 15.5. The molecule has 0 fully saturated rings. The molecule has 0 spiro atoms. The highest BCUT2D eigenvalue weighted by atomic mass is 16.5. The molecule has 32 heavy (non-hydrogen) atoms. The van der Waals surface area contributed by atoms with Crippen LogP contribution < -0.4 is 10.9 Å². The van der Waals surface area contributed by atoms with Gasteiger partial charge in [0.1, 0.15) is 5.69 Å². The van der Waals surface area contributed by atoms with Gasteiger partial charge in [0.25, 0.3) is 11.5 Å². The molecule has 0 unspecified atom stereocenters. The standard InChI is InChI=1S/C25H29N3O4/c1-3-4-16-28-22-13-9-8-12-20(22)27-21(25(28)31)14-15-24(30)32-17-23(29)26-18(2)19-10-6-5-7-11-19/h5-13,18H,3-4,14-17H2,1-2H3,(H,26,29)/t18-/m0/s1. The van der Waals surface area contributed by atoms with E-state index in [1.807, 2.05) is 61.5 Å². The number of benzene rings is 2. The number of nitrogens with zero attached hydrogens (tertiary/aromatic N) is 2. The maximum Gasteiger partial charge on any atom is 0.306 e. The lowest BCUT2D eigenvalue weighted by molar-refractivity contribution is -0.148. The second-order valence-electron chi connectivity index (χ2n) is 7.72. The van der Waals surface area contributed by atoms with Gasteiger partial charge in [-0.2, -0.15) is 0 Å². The van der Waals surface area contributed by atoms with Crippen LogP contribution in [0.4, 0.5) is 0 Å². The Kier molecular flexibility index (Phi) is 8.14. The Bertz CT molecular complexity index is 1120. The molecular formula is C25H29N3O4. The van der Waals surface area contributed by atoms with Crippen LogP contribution in [0, 0.1) is 0 Å². The van der Waals surface area contributed by atoms with Crippen molar-refractivity contribution in [2.45, 2.75) is 52.1 Å². The molecule has 0 aliphatic carbocycles. The molecule has 0 aliphatic heterocycles. The van der Waals surface area contributed by atoms with Crippen LogP contribution in [0.5, 0.6) is 0 Å². The minimum Gasteiger partial charge on any atom is -0.456 e. The van der Waals surface area contributed by atoms with Crippen molar-refractivity contribution in [2.75, 3.05) is 6.61 Å². The van der Waals surface area contributed by atoms with E-state index < -0.39 is 5.97 Å². The van der Waals surface area contributed by atoms with Crippen molar-refractivity contribution in [3.63, 3.8) is 0 Å². The van der Waals surface area contributed by atoms with Gasteiger partial charge in [-0.3, -0.25) is 14.4 Å². The predicted molar refractivity (Wildman–Crippen MR) is 123 cm³/mol. The highest BCUT2D eigenvalue weighted by Crippen LogP contribution is 2.12. The lowest BCUT2D eigenvalue weighted by Gasteiger charge is -2.14. The summed E-state index contributed by atoms with van der Waals surface area (Å²) in [6, 6.07) is 16.8. The van der Waals surface area contributed by atoms with Crippen LogP contribution in [0.15, 0.2) is 59.4 Å². The number of hydrogen-bond acceptors (Lipinski definition) is 5. The third kappa shape index (κ3) is 6.03. The van der Waals surface area contributed by atoms with Crippen molar-refractivity contribution in [3.05, 3.63) is 76.2 Å². The van der Waals surface area contributed by atoms with Gasteiger partial charge in [-0.05, 0) is 31.0 Å². The Balaban J connectivity index is 1.57. The number of nitrogens with one attached hydrogen (secondary N) is 1. The Labute approximate surface area is 187 Å². The van der Waals surface area contributed by atoms with E-state index in [0.29, 0.717) is 12.2 Å². The second-order valence-corrected chi connectivity index (χ2v) is 7.72. The predicted octanol–water partition coefficient (Wildman–Crippen LogP) is 3.55. The molecular weight excluding hydrogens is 406 g/mol. The van der Waals surface area contributed by atoms with E-state index in [1.54, 1.807) is 4.57 Å². The normalized spacial score (nSPS) is 11.8. The van der Waals surface area contributed by atoms with Crippen LogP contribution in [0.1, 0.15) is 50.4 Å². The van der Waals surface area contributed by atoms with Crippen LogP contribution in [0.3, 0.4) is 0 Å². The summed E-state index contributed by atoms with van der Waals surface area (Å²) in [6.45, 7) is 4.18. The number of rotatable bonds is 10. The van der Waals surface area contributed by atoms with Crippen molar-refractivity contribution in [1.82, 2.24) is 14.9 Å². The number of aromatic nitrogens is 2. The molecule has 0 saturated heterocycles. The van der Waals surface area contributed by atoms with Crippen molar-refractivity contribution in [2.24, 2.45) is 0 Å². The summed E-state index contributed by atoms with van der Waals surface area (Å²) < 4.78 is 6.82. The van der Waals surface area contributed by atoms with Crippen molar-refractivity contribution < 1.29 is 14.3 Å². The molecule has 168 valence electrons. The molecule has 1 heterocycles. The van der Waals surface area contributed by atoms with E-state index in [0.717, 1.165) is 29.4 Å². The zero-order valence-electron chi connectivity index (χ0n) is 18.5. The van der Waals surface area contributed by atoms with Gasteiger partial charge in [-0.15, -0.1) is 0 Å². The summed E-state index contributed by atoms with van der Waals surface area (Å²) in [7, 11) is 0. The summed E-state index contributed by atoms with van der Waals surface area (Å²) >= 11 is 0. The van der Waals surface area contributed by atoms with Gasteiger partial charge >= 0.3 is 5.97 Å². The molecule has 0 saturated carbocycles. The van der Waals surface area contributed by atoms with Gasteiger partial charge in [-0.1, -0.05) is 55.8 Å². The fourth-order valence-electron chi connectivity index (χ4n) is 3.49. The summed E-state index contributed by atoms with van der Waals surface area (Å²) in [5, 5.41) is 2.80. The molecule has 1 aromatic heterocycles. The number of carbonyl (C=O) groups is 2. The molecule has 2 aromatic carbocycles. The summed E-state index contributed by atoms with van der Waals surface area (Å²) in [6.07, 6.45) is 1.99. The average Bonchev–Trinajstić information content (AvgIpc) is 2.81. The number of para-hydroxylation sites is 2. The molecule has 7 nitrogen and oxygen atoms in total. The number of unbranched alkanes of at least 4 members (excludes halogenated alkanes) is 1. The number of ether oxygens (including phenoxy) is 1. The maximum absolute atomic E-state index is 12.9. The maximum atomic E-state index is 12.9. The fourth-order valence-corrected chi connectivity index (χ4v) is 3.49. The number of hydrogen-bond donors (Lipinski definition) is 1. The molecule has 0 bridgehead atoms. The van der Waals surface area contributed by atoms with Crippen molar-refractivity contribution in [3.8, 4) is 0 Å². The fraction of sp³-hybridized carbons (Fsp3) is 0.360. The third-order valence-electron chi connectivity index (χ3n) is 5.26. The highest BCUT2D eigenvalue weighted by Gasteiger charge is 2.15. The van der Waals surface area contributed by atoms with E-state index in [-0.39, 0.29) is 37.0 Å². The monoisotopic (exact) mass is 435 g/mol. The smallest absolute Gasteiger partial charge is 0.306 e. The summed E-state index contributed by atoms with van der Waals surface area (Å²) in [5.41, 5.74) is 2.63. The number of fused-ring (bicyclic) bond motifs is 1. The zero-order chi connectivity index (χ0) is 22.9. The van der Waals surface area contributed by atoms with E-state index in [2.05, 4.69) is 17.2 Å². The molecule has 1 N–H and O–H groups in total. The van der Waals surface area contributed by atoms with E-state index in [1.165, 1.54) is 0 Å². The lowest BCUT2D eigenvalue weighted by atomic mass is 10.1. The highest BCUT2D eigenvalue weighted by molar-refractivity contribution is 5.81. The van der Waals surface area contributed by atoms with E-state index in [4.69, 9.17) is 4.74 Å². The van der Waals surface area contributed by atoms with Gasteiger partial charge < -0.3 is 14.6 Å². The molecule has 7 heteroatoms. The van der Waals surface area contributed by atoms with E-state index >= 15 is 0 Å². The van der Waals surface area contributed by atoms with Crippen LogP contribution in [-0.4, -0.2) is 28.0 Å². The number of aryl methyl sites for hydroxylation is 2. The first-order valence-electron chi connectivity index (χ1n) is 11.0. The van der Waals surface area contributed by atoms with Gasteiger partial charge in [-0.25, -0.2) is 4.98 Å². The number of esters is 1. The molecule has 1 amide bonds. The Morgan fingerprint density at radius 1 is 1.09 bits per heavy atom. The quantitative estimate of drug-likeness (QED) is 0.492. The number of amides is 1. The average molecular weight is 436 g/mol. The molecule has 1 atom stereocenters. The van der Waals surface area contributed by atoms with Gasteiger partial charge in [0.2, 0.25) is 0 Å². The minimum atomic E-state index is -0.540. The van der Waals surface area contributed by atoms with Crippen molar-refractivity contribution in [1.29, 1.82) is 0 Å². The minimum absolute atomic E-state index is 0.0180. The molecule has 0 aliphatic rings.